The van der Waals surface area contributed by atoms with E-state index in [-0.39, 0.29) is 0 Å². The molecule has 0 unspecified atom stereocenters. The number of nitrogens with zero attached hydrogens (tertiary/aromatic N) is 1. The molecule has 17 heavy (non-hydrogen) atoms. The molecule has 1 aromatic heterocycles. The van der Waals surface area contributed by atoms with E-state index in [2.05, 4.69) is 10.3 Å². The maximum Gasteiger partial charge on any atom is 0.311 e. The van der Waals surface area contributed by atoms with Gasteiger partial charge in [-0.3, -0.25) is 4.79 Å². The summed E-state index contributed by atoms with van der Waals surface area (Å²) in [6.07, 6.45) is 1.11. The Hall–Kier alpha value is -1.14. The Balaban J connectivity index is 2.00. The van der Waals surface area contributed by atoms with Gasteiger partial charge in [0.25, 0.3) is 0 Å². The van der Waals surface area contributed by atoms with Gasteiger partial charge in [0.1, 0.15) is 0 Å². The third-order valence-electron chi connectivity index (χ3n) is 3.10. The lowest BCUT2D eigenvalue weighted by Gasteiger charge is -2.33. The van der Waals surface area contributed by atoms with Crippen molar-refractivity contribution in [3.05, 3.63) is 11.1 Å². The molecule has 2 rings (SSSR count). The van der Waals surface area contributed by atoms with Gasteiger partial charge in [0.2, 0.25) is 0 Å². The summed E-state index contributed by atoms with van der Waals surface area (Å²) >= 11 is 1.50. The Morgan fingerprint density at radius 3 is 2.88 bits per heavy atom. The third-order valence-corrected chi connectivity index (χ3v) is 4.02. The zero-order valence-electron chi connectivity index (χ0n) is 9.73. The van der Waals surface area contributed by atoms with Crippen LogP contribution in [0, 0.1) is 12.3 Å². The second-order valence-corrected chi connectivity index (χ2v) is 5.20. The monoisotopic (exact) mass is 256 g/mol. The Labute approximate surface area is 104 Å². The zero-order chi connectivity index (χ0) is 12.3. The van der Waals surface area contributed by atoms with E-state index in [0.717, 1.165) is 10.8 Å². The van der Waals surface area contributed by atoms with Crippen molar-refractivity contribution in [1.82, 2.24) is 4.98 Å². The Kier molecular flexibility index (Phi) is 3.63. The number of hydrogen-bond acceptors (Lipinski definition) is 5. The van der Waals surface area contributed by atoms with Crippen molar-refractivity contribution in [1.29, 1.82) is 0 Å². The van der Waals surface area contributed by atoms with Crippen molar-refractivity contribution in [3.8, 4) is 0 Å². The number of aryl methyl sites for hydroxylation is 1. The Morgan fingerprint density at radius 1 is 1.65 bits per heavy atom. The van der Waals surface area contributed by atoms with E-state index in [1.165, 1.54) is 11.3 Å². The second-order valence-electron chi connectivity index (χ2n) is 4.35. The molecule has 0 bridgehead atoms. The third kappa shape index (κ3) is 2.76. The molecule has 94 valence electrons. The van der Waals surface area contributed by atoms with Gasteiger partial charge in [-0.05, 0) is 19.8 Å². The van der Waals surface area contributed by atoms with Crippen LogP contribution in [-0.4, -0.2) is 35.8 Å². The molecule has 0 aromatic carbocycles. The SMILES string of the molecule is Cc1csc(NCC2(C(=O)O)CCOCC2)n1. The van der Waals surface area contributed by atoms with E-state index >= 15 is 0 Å². The molecular weight excluding hydrogens is 240 g/mol. The fourth-order valence-corrected chi connectivity index (χ4v) is 2.60. The van der Waals surface area contributed by atoms with E-state index in [1.54, 1.807) is 0 Å². The average Bonchev–Trinajstić information content (AvgIpc) is 2.74. The van der Waals surface area contributed by atoms with Crippen molar-refractivity contribution < 1.29 is 14.6 Å². The van der Waals surface area contributed by atoms with E-state index in [1.807, 2.05) is 12.3 Å². The van der Waals surface area contributed by atoms with Crippen LogP contribution >= 0.6 is 11.3 Å². The molecule has 0 spiro atoms. The molecule has 0 saturated carbocycles. The molecule has 0 atom stereocenters. The highest BCUT2D eigenvalue weighted by Gasteiger charge is 2.40. The van der Waals surface area contributed by atoms with Crippen molar-refractivity contribution in [2.24, 2.45) is 5.41 Å². The van der Waals surface area contributed by atoms with Crippen LogP contribution in [0.15, 0.2) is 5.38 Å². The van der Waals surface area contributed by atoms with E-state index < -0.39 is 11.4 Å². The first-order valence-electron chi connectivity index (χ1n) is 5.60. The quantitative estimate of drug-likeness (QED) is 0.858. The van der Waals surface area contributed by atoms with Gasteiger partial charge >= 0.3 is 5.97 Å². The Bertz CT molecular complexity index is 399. The number of rotatable bonds is 4. The number of carboxylic acids is 1. The smallest absolute Gasteiger partial charge is 0.311 e. The average molecular weight is 256 g/mol. The van der Waals surface area contributed by atoms with E-state index in [0.29, 0.717) is 32.6 Å². The zero-order valence-corrected chi connectivity index (χ0v) is 10.5. The number of aliphatic carboxylic acids is 1. The number of carbonyl (C=O) groups is 1. The molecule has 0 amide bonds. The second kappa shape index (κ2) is 5.01. The maximum atomic E-state index is 11.4. The minimum Gasteiger partial charge on any atom is -0.481 e. The van der Waals surface area contributed by atoms with Crippen LogP contribution in [0.4, 0.5) is 5.13 Å². The van der Waals surface area contributed by atoms with Gasteiger partial charge in [-0.2, -0.15) is 0 Å². The number of thiazole rings is 1. The number of carboxylic acid groups (broad SMARTS) is 1. The first kappa shape index (κ1) is 12.3. The number of aromatic nitrogens is 1. The van der Waals surface area contributed by atoms with Crippen LogP contribution in [0.3, 0.4) is 0 Å². The van der Waals surface area contributed by atoms with Crippen molar-refractivity contribution in [3.63, 3.8) is 0 Å². The Morgan fingerprint density at radius 2 is 2.35 bits per heavy atom. The normalized spacial score (nSPS) is 18.9. The molecule has 2 N–H and O–H groups in total. The lowest BCUT2D eigenvalue weighted by atomic mass is 9.80. The number of hydrogen-bond donors (Lipinski definition) is 2. The first-order valence-corrected chi connectivity index (χ1v) is 6.47. The summed E-state index contributed by atoms with van der Waals surface area (Å²) in [4.78, 5) is 15.7. The lowest BCUT2D eigenvalue weighted by Crippen LogP contribution is -2.42. The highest BCUT2D eigenvalue weighted by Crippen LogP contribution is 2.31. The van der Waals surface area contributed by atoms with Crippen LogP contribution in [-0.2, 0) is 9.53 Å². The number of ether oxygens (including phenoxy) is 1. The van der Waals surface area contributed by atoms with Crippen LogP contribution in [0.2, 0.25) is 0 Å². The van der Waals surface area contributed by atoms with Gasteiger partial charge < -0.3 is 15.2 Å². The summed E-state index contributed by atoms with van der Waals surface area (Å²) < 4.78 is 5.23. The minimum absolute atomic E-state index is 0.415. The van der Waals surface area contributed by atoms with Crippen molar-refractivity contribution in [2.75, 3.05) is 25.1 Å². The highest BCUT2D eigenvalue weighted by molar-refractivity contribution is 7.13. The molecule has 1 fully saturated rings. The first-order chi connectivity index (χ1) is 8.12. The molecule has 5 nitrogen and oxygen atoms in total. The molecule has 2 heterocycles. The molecule has 1 aliphatic rings. The topological polar surface area (TPSA) is 71.5 Å². The van der Waals surface area contributed by atoms with Gasteiger partial charge in [0.15, 0.2) is 5.13 Å². The minimum atomic E-state index is -0.749. The van der Waals surface area contributed by atoms with E-state index in [9.17, 15) is 9.90 Å². The van der Waals surface area contributed by atoms with E-state index in [4.69, 9.17) is 4.74 Å². The van der Waals surface area contributed by atoms with Crippen LogP contribution < -0.4 is 5.32 Å². The van der Waals surface area contributed by atoms with Gasteiger partial charge in [0.05, 0.1) is 11.1 Å². The summed E-state index contributed by atoms with van der Waals surface area (Å²) in [7, 11) is 0. The molecule has 1 aliphatic heterocycles. The number of nitrogens with one attached hydrogen (secondary N) is 1. The summed E-state index contributed by atoms with van der Waals surface area (Å²) in [6, 6.07) is 0. The van der Waals surface area contributed by atoms with Crippen molar-refractivity contribution >= 4 is 22.4 Å². The number of anilines is 1. The predicted molar refractivity (Wildman–Crippen MR) is 65.5 cm³/mol. The lowest BCUT2D eigenvalue weighted by molar-refractivity contribution is -0.153. The molecule has 0 aliphatic carbocycles. The largest absolute Gasteiger partial charge is 0.481 e. The fraction of sp³-hybridized carbons (Fsp3) is 0.636. The molecule has 0 radical (unpaired) electrons. The van der Waals surface area contributed by atoms with Gasteiger partial charge in [-0.25, -0.2) is 4.98 Å². The molecule has 6 heteroatoms. The van der Waals surface area contributed by atoms with Gasteiger partial charge in [0, 0.05) is 25.1 Å². The molecular formula is C11H16N2O3S. The van der Waals surface area contributed by atoms with Crippen LogP contribution in [0.5, 0.6) is 0 Å². The predicted octanol–water partition coefficient (Wildman–Crippen LogP) is 1.74. The van der Waals surface area contributed by atoms with Gasteiger partial charge in [-0.1, -0.05) is 0 Å². The van der Waals surface area contributed by atoms with Crippen LogP contribution in [0.1, 0.15) is 18.5 Å². The summed E-state index contributed by atoms with van der Waals surface area (Å²) in [5.41, 5.74) is 0.242. The van der Waals surface area contributed by atoms with Crippen LogP contribution in [0.25, 0.3) is 0 Å². The summed E-state index contributed by atoms with van der Waals surface area (Å²) in [5.74, 6) is -0.749. The summed E-state index contributed by atoms with van der Waals surface area (Å²) in [5, 5.41) is 15.2. The van der Waals surface area contributed by atoms with Crippen molar-refractivity contribution in [2.45, 2.75) is 19.8 Å². The summed E-state index contributed by atoms with van der Waals surface area (Å²) in [6.45, 7) is 3.37. The molecule has 1 saturated heterocycles. The highest BCUT2D eigenvalue weighted by atomic mass is 32.1. The molecule has 1 aromatic rings. The standard InChI is InChI=1S/C11H16N2O3S/c1-8-6-17-10(13-8)12-7-11(9(14)15)2-4-16-5-3-11/h6H,2-5,7H2,1H3,(H,12,13)(H,14,15). The maximum absolute atomic E-state index is 11.4. The van der Waals surface area contributed by atoms with Gasteiger partial charge in [-0.15, -0.1) is 11.3 Å². The fourth-order valence-electron chi connectivity index (χ4n) is 1.91.